The van der Waals surface area contributed by atoms with Gasteiger partial charge in [-0.3, -0.25) is 10.1 Å². The number of anilines is 1. The van der Waals surface area contributed by atoms with Crippen LogP contribution in [0.1, 0.15) is 23.7 Å². The lowest BCUT2D eigenvalue weighted by atomic mass is 10.0. The maximum absolute atomic E-state index is 11.2. The number of carboxylic acid groups (broad SMARTS) is 1. The fraction of sp³-hybridized carbons (Fsp3) is 0.500. The Morgan fingerprint density at radius 1 is 1.65 bits per heavy atom. The highest BCUT2D eigenvalue weighted by molar-refractivity contribution is 5.94. The second-order valence-corrected chi connectivity index (χ2v) is 4.86. The average Bonchev–Trinajstić information content (AvgIpc) is 2.87. The van der Waals surface area contributed by atoms with E-state index in [1.807, 2.05) is 0 Å². The summed E-state index contributed by atoms with van der Waals surface area (Å²) in [6.07, 6.45) is 1.30. The first-order valence-electron chi connectivity index (χ1n) is 6.21. The summed E-state index contributed by atoms with van der Waals surface area (Å²) < 4.78 is 0. The SMILES string of the molecule is CC(O)C1CCN(c2ncc([N+](=O)[O-])cc2C(=O)O)C1. The third kappa shape index (κ3) is 2.69. The van der Waals surface area contributed by atoms with Gasteiger partial charge in [-0.2, -0.15) is 0 Å². The first-order valence-corrected chi connectivity index (χ1v) is 6.21. The number of pyridine rings is 1. The van der Waals surface area contributed by atoms with Crippen LogP contribution in [0.4, 0.5) is 11.5 Å². The summed E-state index contributed by atoms with van der Waals surface area (Å²) in [7, 11) is 0. The fourth-order valence-electron chi connectivity index (χ4n) is 2.33. The Labute approximate surface area is 114 Å². The molecular weight excluding hydrogens is 266 g/mol. The lowest BCUT2D eigenvalue weighted by Gasteiger charge is -2.20. The van der Waals surface area contributed by atoms with Crippen LogP contribution in [0.15, 0.2) is 12.3 Å². The molecule has 0 aromatic carbocycles. The number of carboxylic acids is 1. The minimum absolute atomic E-state index is 0.0497. The molecule has 20 heavy (non-hydrogen) atoms. The molecule has 8 heteroatoms. The maximum Gasteiger partial charge on any atom is 0.339 e. The summed E-state index contributed by atoms with van der Waals surface area (Å²) in [5.74, 6) is -0.989. The highest BCUT2D eigenvalue weighted by Crippen LogP contribution is 2.28. The number of hydrogen-bond acceptors (Lipinski definition) is 6. The quantitative estimate of drug-likeness (QED) is 0.621. The predicted octanol–water partition coefficient (Wildman–Crippen LogP) is 0.895. The van der Waals surface area contributed by atoms with E-state index in [0.29, 0.717) is 13.1 Å². The highest BCUT2D eigenvalue weighted by atomic mass is 16.6. The van der Waals surface area contributed by atoms with Gasteiger partial charge in [-0.15, -0.1) is 0 Å². The summed E-state index contributed by atoms with van der Waals surface area (Å²) in [6, 6.07) is 1.01. The van der Waals surface area contributed by atoms with Crippen LogP contribution in [-0.4, -0.2) is 45.3 Å². The number of aliphatic hydroxyl groups is 1. The van der Waals surface area contributed by atoms with Crippen molar-refractivity contribution in [2.45, 2.75) is 19.4 Å². The third-order valence-corrected chi connectivity index (χ3v) is 3.50. The van der Waals surface area contributed by atoms with Gasteiger partial charge in [0, 0.05) is 25.1 Å². The van der Waals surface area contributed by atoms with Crippen LogP contribution in [0.25, 0.3) is 0 Å². The maximum atomic E-state index is 11.2. The van der Waals surface area contributed by atoms with E-state index in [1.54, 1.807) is 11.8 Å². The Morgan fingerprint density at radius 2 is 2.35 bits per heavy atom. The average molecular weight is 281 g/mol. The number of rotatable bonds is 4. The number of aliphatic hydroxyl groups excluding tert-OH is 1. The summed E-state index contributed by atoms with van der Waals surface area (Å²) in [5, 5.41) is 29.4. The van der Waals surface area contributed by atoms with Gasteiger partial charge in [-0.05, 0) is 13.3 Å². The standard InChI is InChI=1S/C12H15N3O5/c1-7(16)8-2-3-14(6-8)11-10(12(17)18)4-9(5-13-11)15(19)20/h4-5,7-8,16H,2-3,6H2,1H3,(H,17,18). The molecule has 0 aliphatic carbocycles. The van der Waals surface area contributed by atoms with Gasteiger partial charge >= 0.3 is 5.97 Å². The molecule has 2 atom stereocenters. The van der Waals surface area contributed by atoms with Gasteiger partial charge in [0.1, 0.15) is 17.6 Å². The molecule has 8 nitrogen and oxygen atoms in total. The van der Waals surface area contributed by atoms with Gasteiger partial charge in [0.15, 0.2) is 0 Å². The summed E-state index contributed by atoms with van der Waals surface area (Å²) in [6.45, 7) is 2.75. The Balaban J connectivity index is 2.32. The van der Waals surface area contributed by atoms with Crippen molar-refractivity contribution in [2.24, 2.45) is 5.92 Å². The molecule has 0 amide bonds. The molecule has 2 unspecified atom stereocenters. The number of aromatic nitrogens is 1. The van der Waals surface area contributed by atoms with E-state index < -0.39 is 17.0 Å². The number of carbonyl (C=O) groups is 1. The van der Waals surface area contributed by atoms with E-state index in [2.05, 4.69) is 4.98 Å². The molecule has 0 radical (unpaired) electrons. The molecule has 1 aliphatic rings. The Hall–Kier alpha value is -2.22. The van der Waals surface area contributed by atoms with E-state index in [9.17, 15) is 20.0 Å². The summed E-state index contributed by atoms with van der Waals surface area (Å²) in [4.78, 5) is 26.9. The minimum atomic E-state index is -1.25. The Morgan fingerprint density at radius 3 is 2.85 bits per heavy atom. The normalized spacial score (nSPS) is 19.9. The van der Waals surface area contributed by atoms with Crippen molar-refractivity contribution >= 4 is 17.5 Å². The van der Waals surface area contributed by atoms with Crippen LogP contribution in [0.2, 0.25) is 0 Å². The largest absolute Gasteiger partial charge is 0.478 e. The molecular formula is C12H15N3O5. The second-order valence-electron chi connectivity index (χ2n) is 4.86. The molecule has 1 aromatic heterocycles. The molecule has 1 aliphatic heterocycles. The van der Waals surface area contributed by atoms with Crippen molar-refractivity contribution in [3.63, 3.8) is 0 Å². The van der Waals surface area contributed by atoms with Crippen molar-refractivity contribution in [3.05, 3.63) is 27.9 Å². The van der Waals surface area contributed by atoms with Gasteiger partial charge in [-0.25, -0.2) is 9.78 Å². The molecule has 2 N–H and O–H groups in total. The number of nitrogens with zero attached hydrogens (tertiary/aromatic N) is 3. The third-order valence-electron chi connectivity index (χ3n) is 3.50. The lowest BCUT2D eigenvalue weighted by Crippen LogP contribution is -2.26. The number of hydrogen-bond donors (Lipinski definition) is 2. The van der Waals surface area contributed by atoms with Crippen molar-refractivity contribution in [1.29, 1.82) is 0 Å². The zero-order valence-electron chi connectivity index (χ0n) is 10.9. The molecule has 1 saturated heterocycles. The lowest BCUT2D eigenvalue weighted by molar-refractivity contribution is -0.385. The summed E-state index contributed by atoms with van der Waals surface area (Å²) >= 11 is 0. The van der Waals surface area contributed by atoms with Gasteiger partial charge in [0.05, 0.1) is 11.0 Å². The first kappa shape index (κ1) is 14.2. The summed E-state index contributed by atoms with van der Waals surface area (Å²) in [5.41, 5.74) is -0.539. The van der Waals surface area contributed by atoms with E-state index >= 15 is 0 Å². The predicted molar refractivity (Wildman–Crippen MR) is 69.9 cm³/mol. The van der Waals surface area contributed by atoms with E-state index in [1.165, 1.54) is 0 Å². The fourth-order valence-corrected chi connectivity index (χ4v) is 2.33. The van der Waals surface area contributed by atoms with Crippen LogP contribution in [-0.2, 0) is 0 Å². The Bertz CT molecular complexity index is 546. The van der Waals surface area contributed by atoms with Crippen molar-refractivity contribution < 1.29 is 19.9 Å². The molecule has 0 saturated carbocycles. The van der Waals surface area contributed by atoms with Crippen molar-refractivity contribution in [3.8, 4) is 0 Å². The highest BCUT2D eigenvalue weighted by Gasteiger charge is 2.30. The van der Waals surface area contributed by atoms with Gasteiger partial charge in [0.25, 0.3) is 5.69 Å². The number of aromatic carboxylic acids is 1. The zero-order chi connectivity index (χ0) is 14.9. The molecule has 0 bridgehead atoms. The van der Waals surface area contributed by atoms with Crippen LogP contribution < -0.4 is 4.90 Å². The molecule has 0 spiro atoms. The minimum Gasteiger partial charge on any atom is -0.478 e. The molecule has 2 rings (SSSR count). The van der Waals surface area contributed by atoms with Crippen LogP contribution >= 0.6 is 0 Å². The topological polar surface area (TPSA) is 117 Å². The monoisotopic (exact) mass is 281 g/mol. The van der Waals surface area contributed by atoms with Crippen molar-refractivity contribution in [2.75, 3.05) is 18.0 Å². The van der Waals surface area contributed by atoms with Crippen LogP contribution in [0.5, 0.6) is 0 Å². The van der Waals surface area contributed by atoms with E-state index in [4.69, 9.17) is 5.11 Å². The first-order chi connectivity index (χ1) is 9.40. The van der Waals surface area contributed by atoms with E-state index in [-0.39, 0.29) is 23.0 Å². The van der Waals surface area contributed by atoms with Gasteiger partial charge < -0.3 is 15.1 Å². The van der Waals surface area contributed by atoms with Gasteiger partial charge in [-0.1, -0.05) is 0 Å². The zero-order valence-corrected chi connectivity index (χ0v) is 10.9. The smallest absolute Gasteiger partial charge is 0.339 e. The molecule has 108 valence electrons. The number of nitro groups is 1. The molecule has 1 fully saturated rings. The molecule has 2 heterocycles. The van der Waals surface area contributed by atoms with Crippen LogP contribution in [0, 0.1) is 16.0 Å². The van der Waals surface area contributed by atoms with E-state index in [0.717, 1.165) is 18.7 Å². The van der Waals surface area contributed by atoms with Crippen LogP contribution in [0.3, 0.4) is 0 Å². The Kier molecular flexibility index (Phi) is 3.84. The molecule has 1 aromatic rings. The van der Waals surface area contributed by atoms with Gasteiger partial charge in [0.2, 0.25) is 0 Å². The second kappa shape index (κ2) is 5.41. The van der Waals surface area contributed by atoms with Crippen molar-refractivity contribution in [1.82, 2.24) is 4.98 Å².